The maximum atomic E-state index is 12.8. The summed E-state index contributed by atoms with van der Waals surface area (Å²) in [6.07, 6.45) is -2.36. The van der Waals surface area contributed by atoms with Gasteiger partial charge in [0.05, 0.1) is 6.54 Å². The minimum Gasteiger partial charge on any atom is -0.275 e. The number of nitrogens with one attached hydrogen (secondary N) is 1. The van der Waals surface area contributed by atoms with Crippen LogP contribution in [0.1, 0.15) is 0 Å². The zero-order valence-corrected chi connectivity index (χ0v) is 7.68. The molecule has 1 aliphatic rings. The van der Waals surface area contributed by atoms with Crippen LogP contribution in [-0.4, -0.2) is 35.5 Å². The predicted octanol–water partition coefficient (Wildman–Crippen LogP) is 0.155. The average molecular weight is 221 g/mol. The SMILES string of the molecule is C=C(Cl)CN1C(=O)NC(=O)C(F)C1=O. The Kier molecular flexibility index (Phi) is 2.85. The van der Waals surface area contributed by atoms with Gasteiger partial charge in [-0.05, 0) is 0 Å². The van der Waals surface area contributed by atoms with Gasteiger partial charge in [0.1, 0.15) is 0 Å². The van der Waals surface area contributed by atoms with Crippen LogP contribution >= 0.6 is 11.6 Å². The van der Waals surface area contributed by atoms with Crippen molar-refractivity contribution >= 4 is 29.4 Å². The van der Waals surface area contributed by atoms with E-state index < -0.39 is 24.0 Å². The van der Waals surface area contributed by atoms with E-state index >= 15 is 0 Å². The third-order valence-electron chi connectivity index (χ3n) is 1.52. The maximum absolute atomic E-state index is 12.8. The Morgan fingerprint density at radius 3 is 2.64 bits per heavy atom. The summed E-state index contributed by atoms with van der Waals surface area (Å²) in [4.78, 5) is 33.2. The Hall–Kier alpha value is -1.43. The van der Waals surface area contributed by atoms with E-state index in [4.69, 9.17) is 11.6 Å². The minimum absolute atomic E-state index is 0.00458. The van der Waals surface area contributed by atoms with Crippen molar-refractivity contribution in [3.63, 3.8) is 0 Å². The molecule has 1 heterocycles. The molecule has 7 heteroatoms. The molecule has 0 aromatic carbocycles. The highest BCUT2D eigenvalue weighted by atomic mass is 35.5. The van der Waals surface area contributed by atoms with Crippen molar-refractivity contribution in [3.05, 3.63) is 11.6 Å². The number of hydrogen-bond acceptors (Lipinski definition) is 3. The molecule has 0 aliphatic carbocycles. The van der Waals surface area contributed by atoms with Gasteiger partial charge >= 0.3 is 6.03 Å². The molecule has 0 aromatic rings. The van der Waals surface area contributed by atoms with Gasteiger partial charge in [0, 0.05) is 5.03 Å². The number of rotatable bonds is 2. The summed E-state index contributed by atoms with van der Waals surface area (Å²) < 4.78 is 12.8. The molecule has 1 N–H and O–H groups in total. The fourth-order valence-electron chi connectivity index (χ4n) is 0.907. The first-order chi connectivity index (χ1) is 6.43. The molecule has 1 aliphatic heterocycles. The fourth-order valence-corrected chi connectivity index (χ4v) is 1.03. The molecule has 0 spiro atoms. The van der Waals surface area contributed by atoms with Gasteiger partial charge in [-0.15, -0.1) is 0 Å². The molecule has 4 amide bonds. The standard InChI is InChI=1S/C7H6ClFN2O3/c1-3(8)2-11-6(13)4(9)5(12)10-7(11)14/h4H,1-2H2,(H,10,12,14). The van der Waals surface area contributed by atoms with E-state index in [1.807, 2.05) is 0 Å². The second kappa shape index (κ2) is 3.75. The molecule has 1 saturated heterocycles. The normalized spacial score (nSPS) is 22.3. The van der Waals surface area contributed by atoms with Crippen LogP contribution in [0.25, 0.3) is 0 Å². The molecule has 5 nitrogen and oxygen atoms in total. The number of carbonyl (C=O) groups excluding carboxylic acids is 3. The van der Waals surface area contributed by atoms with Gasteiger partial charge in [-0.3, -0.25) is 19.8 Å². The van der Waals surface area contributed by atoms with Gasteiger partial charge in [-0.25, -0.2) is 9.18 Å². The average Bonchev–Trinajstić information content (AvgIpc) is 2.09. The van der Waals surface area contributed by atoms with Gasteiger partial charge in [0.25, 0.3) is 18.0 Å². The first-order valence-electron chi connectivity index (χ1n) is 3.57. The van der Waals surface area contributed by atoms with E-state index in [1.165, 1.54) is 0 Å². The lowest BCUT2D eigenvalue weighted by Gasteiger charge is -2.25. The molecular formula is C7H6ClFN2O3. The largest absolute Gasteiger partial charge is 0.331 e. The summed E-state index contributed by atoms with van der Waals surface area (Å²) in [6.45, 7) is 2.93. The van der Waals surface area contributed by atoms with Crippen LogP contribution < -0.4 is 5.32 Å². The fraction of sp³-hybridized carbons (Fsp3) is 0.286. The number of halogens is 2. The quantitative estimate of drug-likeness (QED) is 0.674. The van der Waals surface area contributed by atoms with Crippen LogP contribution in [0.2, 0.25) is 0 Å². The summed E-state index contributed by atoms with van der Waals surface area (Å²) in [5.74, 6) is -2.48. The summed E-state index contributed by atoms with van der Waals surface area (Å²) in [6, 6.07) is -0.990. The van der Waals surface area contributed by atoms with Crippen molar-refractivity contribution in [2.24, 2.45) is 0 Å². The Morgan fingerprint density at radius 1 is 1.57 bits per heavy atom. The van der Waals surface area contributed by atoms with Gasteiger partial charge in [0.2, 0.25) is 0 Å². The van der Waals surface area contributed by atoms with Gasteiger partial charge in [0.15, 0.2) is 0 Å². The molecule has 1 fully saturated rings. The molecular weight excluding hydrogens is 215 g/mol. The number of hydrogen-bond donors (Lipinski definition) is 1. The summed E-state index contributed by atoms with van der Waals surface area (Å²) >= 11 is 5.35. The molecule has 0 bridgehead atoms. The number of amides is 4. The number of alkyl halides is 1. The molecule has 1 rings (SSSR count). The summed E-state index contributed by atoms with van der Waals surface area (Å²) in [5, 5.41) is 1.66. The Morgan fingerprint density at radius 2 is 2.14 bits per heavy atom. The molecule has 14 heavy (non-hydrogen) atoms. The number of urea groups is 1. The lowest BCUT2D eigenvalue weighted by molar-refractivity contribution is -0.143. The van der Waals surface area contributed by atoms with Crippen LogP contribution in [0.15, 0.2) is 11.6 Å². The molecule has 0 saturated carbocycles. The van der Waals surface area contributed by atoms with Crippen LogP contribution in [0.4, 0.5) is 9.18 Å². The number of imide groups is 2. The second-order valence-electron chi connectivity index (χ2n) is 2.60. The Labute approximate surface area is 83.5 Å². The van der Waals surface area contributed by atoms with Crippen molar-refractivity contribution in [1.29, 1.82) is 0 Å². The summed E-state index contributed by atoms with van der Waals surface area (Å²) in [5.41, 5.74) is 0. The topological polar surface area (TPSA) is 66.5 Å². The van der Waals surface area contributed by atoms with Crippen molar-refractivity contribution in [2.75, 3.05) is 6.54 Å². The monoisotopic (exact) mass is 220 g/mol. The highest BCUT2D eigenvalue weighted by molar-refractivity contribution is 6.30. The highest BCUT2D eigenvalue weighted by Crippen LogP contribution is 2.10. The van der Waals surface area contributed by atoms with Gasteiger partial charge < -0.3 is 0 Å². The third kappa shape index (κ3) is 1.90. The predicted molar refractivity (Wildman–Crippen MR) is 45.1 cm³/mol. The zero-order chi connectivity index (χ0) is 10.9. The lowest BCUT2D eigenvalue weighted by Crippen LogP contribution is -2.59. The summed E-state index contributed by atoms with van der Waals surface area (Å²) in [7, 11) is 0. The Bertz CT molecular complexity index is 331. The smallest absolute Gasteiger partial charge is 0.275 e. The van der Waals surface area contributed by atoms with Gasteiger partial charge in [-0.1, -0.05) is 18.2 Å². The molecule has 0 radical (unpaired) electrons. The van der Waals surface area contributed by atoms with E-state index in [1.54, 1.807) is 5.32 Å². The van der Waals surface area contributed by atoms with E-state index in [2.05, 4.69) is 6.58 Å². The van der Waals surface area contributed by atoms with E-state index in [0.717, 1.165) is 0 Å². The first kappa shape index (κ1) is 10.6. The molecule has 0 aromatic heterocycles. The van der Waals surface area contributed by atoms with Crippen LogP contribution in [0.5, 0.6) is 0 Å². The first-order valence-corrected chi connectivity index (χ1v) is 3.95. The number of nitrogens with zero attached hydrogens (tertiary/aromatic N) is 1. The van der Waals surface area contributed by atoms with Crippen molar-refractivity contribution < 1.29 is 18.8 Å². The molecule has 76 valence electrons. The minimum atomic E-state index is -2.36. The zero-order valence-electron chi connectivity index (χ0n) is 6.92. The van der Waals surface area contributed by atoms with Crippen molar-refractivity contribution in [3.8, 4) is 0 Å². The maximum Gasteiger partial charge on any atom is 0.331 e. The van der Waals surface area contributed by atoms with E-state index in [9.17, 15) is 18.8 Å². The number of barbiturate groups is 1. The van der Waals surface area contributed by atoms with Crippen LogP contribution in [0.3, 0.4) is 0 Å². The van der Waals surface area contributed by atoms with Crippen LogP contribution in [0, 0.1) is 0 Å². The lowest BCUT2D eigenvalue weighted by atomic mass is 10.2. The Balaban J connectivity index is 2.84. The molecule has 1 unspecified atom stereocenters. The van der Waals surface area contributed by atoms with Crippen molar-refractivity contribution in [1.82, 2.24) is 10.2 Å². The van der Waals surface area contributed by atoms with E-state index in [0.29, 0.717) is 4.90 Å². The second-order valence-corrected chi connectivity index (χ2v) is 3.13. The highest BCUT2D eigenvalue weighted by Gasteiger charge is 2.40. The molecule has 1 atom stereocenters. The van der Waals surface area contributed by atoms with Crippen molar-refractivity contribution in [2.45, 2.75) is 6.17 Å². The van der Waals surface area contributed by atoms with E-state index in [-0.39, 0.29) is 11.6 Å². The number of carbonyl (C=O) groups is 3. The third-order valence-corrected chi connectivity index (χ3v) is 1.64. The van der Waals surface area contributed by atoms with Gasteiger partial charge in [-0.2, -0.15) is 0 Å². The van der Waals surface area contributed by atoms with Crippen LogP contribution in [-0.2, 0) is 9.59 Å².